The molecule has 2 aliphatic rings. The average molecular weight is 631 g/mol. The Bertz CT molecular complexity index is 1340. The van der Waals surface area contributed by atoms with Crippen LogP contribution in [-0.4, -0.2) is 48.9 Å². The van der Waals surface area contributed by atoms with Crippen LogP contribution < -0.4 is 30.7 Å². The normalized spacial score (nSPS) is 14.7. The van der Waals surface area contributed by atoms with Crippen molar-refractivity contribution in [2.24, 2.45) is 0 Å². The minimum Gasteiger partial charge on any atom is -0.494 e. The predicted octanol–water partition coefficient (Wildman–Crippen LogP) is 4.54. The third-order valence-corrected chi connectivity index (χ3v) is 7.35. The third-order valence-electron chi connectivity index (χ3n) is 7.35. The number of imide groups is 4. The van der Waals surface area contributed by atoms with Gasteiger partial charge in [0.15, 0.2) is 0 Å². The minimum absolute atomic E-state index is 0.122. The second-order valence-corrected chi connectivity index (χ2v) is 11.0. The molecular weight excluding hydrogens is 592 g/mol. The first kappa shape index (κ1) is 33.6. The molecule has 0 aliphatic carbocycles. The van der Waals surface area contributed by atoms with Gasteiger partial charge in [0.1, 0.15) is 22.6 Å². The van der Waals surface area contributed by atoms with Gasteiger partial charge in [0, 0.05) is 0 Å². The maximum absolute atomic E-state index is 11.8. The Morgan fingerprint density at radius 2 is 0.696 bits per heavy atom. The van der Waals surface area contributed by atoms with Crippen LogP contribution >= 0.6 is 0 Å². The van der Waals surface area contributed by atoms with E-state index < -0.39 is 35.7 Å². The Morgan fingerprint density at radius 3 is 1.00 bits per heavy atom. The number of rotatable bonds is 17. The predicted molar refractivity (Wildman–Crippen MR) is 169 cm³/mol. The Morgan fingerprint density at radius 1 is 0.413 bits per heavy atom. The number of carbonyl (C=O) groups is 6. The topological polar surface area (TPSA) is 169 Å². The van der Waals surface area contributed by atoms with Crippen LogP contribution in [0.1, 0.15) is 75.3 Å². The number of nitrogens with one attached hydrogen (secondary N) is 4. The number of urea groups is 2. The van der Waals surface area contributed by atoms with Gasteiger partial charge in [-0.1, -0.05) is 75.6 Å². The second-order valence-electron chi connectivity index (χ2n) is 11.0. The van der Waals surface area contributed by atoms with E-state index in [9.17, 15) is 28.8 Å². The molecule has 12 heteroatoms. The number of ether oxygens (including phenoxy) is 2. The van der Waals surface area contributed by atoms with Crippen molar-refractivity contribution < 1.29 is 38.2 Å². The zero-order valence-corrected chi connectivity index (χ0v) is 25.5. The largest absolute Gasteiger partial charge is 0.494 e. The van der Waals surface area contributed by atoms with Gasteiger partial charge in [-0.2, -0.15) is 0 Å². The van der Waals surface area contributed by atoms with Crippen LogP contribution in [-0.2, 0) is 19.2 Å². The van der Waals surface area contributed by atoms with Gasteiger partial charge in [0.25, 0.3) is 23.6 Å². The highest BCUT2D eigenvalue weighted by Gasteiger charge is 2.28. The van der Waals surface area contributed by atoms with Crippen LogP contribution in [0.4, 0.5) is 9.59 Å². The maximum Gasteiger partial charge on any atom is 0.328 e. The summed E-state index contributed by atoms with van der Waals surface area (Å²) in [6.45, 7) is 1.25. The molecule has 2 fully saturated rings. The van der Waals surface area contributed by atoms with E-state index in [-0.39, 0.29) is 11.1 Å². The van der Waals surface area contributed by atoms with Gasteiger partial charge in [0.2, 0.25) is 0 Å². The van der Waals surface area contributed by atoms with Crippen molar-refractivity contribution in [3.8, 4) is 11.5 Å². The van der Waals surface area contributed by atoms with Crippen molar-refractivity contribution in [1.29, 1.82) is 0 Å². The van der Waals surface area contributed by atoms with Gasteiger partial charge < -0.3 is 9.47 Å². The summed E-state index contributed by atoms with van der Waals surface area (Å²) in [5, 5.41) is 8.19. The smallest absolute Gasteiger partial charge is 0.328 e. The number of hydrogen-bond donors (Lipinski definition) is 4. The lowest BCUT2D eigenvalue weighted by molar-refractivity contribution is -0.125. The molecule has 2 aromatic carbocycles. The van der Waals surface area contributed by atoms with E-state index in [1.165, 1.54) is 50.7 Å². The van der Waals surface area contributed by atoms with Crippen LogP contribution in [0.25, 0.3) is 12.2 Å². The second kappa shape index (κ2) is 17.3. The first-order chi connectivity index (χ1) is 22.3. The SMILES string of the molecule is O=C1NC(=O)C(=Cc2ccc(OCCCCCCCCCCCCOc3ccc(C=C4C(=O)NC(=O)NC4=O)cc3)cc2)C(=O)N1. The van der Waals surface area contributed by atoms with E-state index in [1.807, 2.05) is 21.3 Å². The van der Waals surface area contributed by atoms with E-state index in [1.54, 1.807) is 48.5 Å². The standard InChI is InChI=1S/C34H38N4O8/c39-29-27(30(40)36-33(43)35-29)21-23-11-15-25(16-12-23)45-19-9-7-5-3-1-2-4-6-8-10-20-46-26-17-13-24(14-18-26)22-28-31(41)37-34(44)38-32(28)42/h11-18,21-22H,1-10,19-20H2,(H2,35,36,39,40,43)(H2,37,38,41,42,44). The van der Waals surface area contributed by atoms with Crippen molar-refractivity contribution in [2.45, 2.75) is 64.2 Å². The molecule has 12 nitrogen and oxygen atoms in total. The highest BCUT2D eigenvalue weighted by Crippen LogP contribution is 2.18. The minimum atomic E-state index is -0.821. The van der Waals surface area contributed by atoms with E-state index in [0.717, 1.165) is 37.2 Å². The van der Waals surface area contributed by atoms with Gasteiger partial charge in [-0.25, -0.2) is 9.59 Å². The lowest BCUT2D eigenvalue weighted by Crippen LogP contribution is -2.51. The molecule has 8 amide bonds. The summed E-state index contributed by atoms with van der Waals surface area (Å²) >= 11 is 0. The van der Waals surface area contributed by atoms with Crippen molar-refractivity contribution in [3.05, 3.63) is 70.8 Å². The van der Waals surface area contributed by atoms with E-state index >= 15 is 0 Å². The van der Waals surface area contributed by atoms with Crippen LogP contribution in [0.3, 0.4) is 0 Å². The van der Waals surface area contributed by atoms with Crippen molar-refractivity contribution in [3.63, 3.8) is 0 Å². The fourth-order valence-corrected chi connectivity index (χ4v) is 4.86. The molecule has 4 N–H and O–H groups in total. The summed E-state index contributed by atoms with van der Waals surface area (Å²) < 4.78 is 11.6. The van der Waals surface area contributed by atoms with Crippen LogP contribution in [0.15, 0.2) is 59.7 Å². The summed E-state index contributed by atoms with van der Waals surface area (Å²) in [4.78, 5) is 69.6. The summed E-state index contributed by atoms with van der Waals surface area (Å²) in [6, 6.07) is 12.5. The highest BCUT2D eigenvalue weighted by atomic mass is 16.5. The summed E-state index contributed by atoms with van der Waals surface area (Å²) in [7, 11) is 0. The zero-order chi connectivity index (χ0) is 32.7. The van der Waals surface area contributed by atoms with Crippen LogP contribution in [0, 0.1) is 0 Å². The lowest BCUT2D eigenvalue weighted by Gasteiger charge is -2.14. The Kier molecular flexibility index (Phi) is 12.6. The first-order valence-corrected chi connectivity index (χ1v) is 15.5. The molecule has 0 aromatic heterocycles. The fourth-order valence-electron chi connectivity index (χ4n) is 4.86. The number of amides is 8. The van der Waals surface area contributed by atoms with Gasteiger partial charge in [-0.3, -0.25) is 40.4 Å². The van der Waals surface area contributed by atoms with E-state index in [2.05, 4.69) is 0 Å². The lowest BCUT2D eigenvalue weighted by atomic mass is 10.1. The molecule has 4 rings (SSSR count). The molecule has 0 radical (unpaired) electrons. The number of carbonyl (C=O) groups excluding carboxylic acids is 6. The Hall–Kier alpha value is -5.26. The molecule has 0 bridgehead atoms. The number of unbranched alkanes of at least 4 members (excludes halogenated alkanes) is 9. The molecule has 0 spiro atoms. The monoisotopic (exact) mass is 630 g/mol. The number of hydrogen-bond acceptors (Lipinski definition) is 8. The van der Waals surface area contributed by atoms with Gasteiger partial charge >= 0.3 is 12.1 Å². The number of barbiturate groups is 2. The molecule has 0 saturated carbocycles. The van der Waals surface area contributed by atoms with Crippen LogP contribution in [0.5, 0.6) is 11.5 Å². The Balaban J connectivity index is 0.969. The maximum atomic E-state index is 11.8. The quantitative estimate of drug-likeness (QED) is 0.112. The summed E-state index contributed by atoms with van der Waals surface area (Å²) in [5.74, 6) is -1.45. The first-order valence-electron chi connectivity index (χ1n) is 15.5. The van der Waals surface area contributed by atoms with Crippen LogP contribution in [0.2, 0.25) is 0 Å². The highest BCUT2D eigenvalue weighted by molar-refractivity contribution is 6.31. The summed E-state index contributed by atoms with van der Waals surface area (Å²) in [6.07, 6.45) is 14.2. The van der Waals surface area contributed by atoms with Gasteiger partial charge in [-0.15, -0.1) is 0 Å². The average Bonchev–Trinajstić information content (AvgIpc) is 3.02. The van der Waals surface area contributed by atoms with E-state index in [4.69, 9.17) is 9.47 Å². The molecule has 2 aromatic rings. The summed E-state index contributed by atoms with van der Waals surface area (Å²) in [5.41, 5.74) is 1.06. The molecule has 0 atom stereocenters. The van der Waals surface area contributed by atoms with Gasteiger partial charge in [-0.05, 0) is 60.4 Å². The third kappa shape index (κ3) is 10.7. The molecule has 242 valence electrons. The van der Waals surface area contributed by atoms with Crippen molar-refractivity contribution in [1.82, 2.24) is 21.3 Å². The zero-order valence-electron chi connectivity index (χ0n) is 25.5. The van der Waals surface area contributed by atoms with Crippen molar-refractivity contribution in [2.75, 3.05) is 13.2 Å². The fraction of sp³-hybridized carbons (Fsp3) is 0.353. The number of benzene rings is 2. The molecule has 2 saturated heterocycles. The molecule has 2 heterocycles. The molecular formula is C34H38N4O8. The molecule has 0 unspecified atom stereocenters. The van der Waals surface area contributed by atoms with Gasteiger partial charge in [0.05, 0.1) is 13.2 Å². The molecule has 2 aliphatic heterocycles. The molecule has 46 heavy (non-hydrogen) atoms. The van der Waals surface area contributed by atoms with Crippen molar-refractivity contribution >= 4 is 47.8 Å². The Labute approximate surface area is 267 Å². The van der Waals surface area contributed by atoms with E-state index in [0.29, 0.717) is 24.3 Å².